The highest BCUT2D eigenvalue weighted by Gasteiger charge is 2.06. The third-order valence-electron chi connectivity index (χ3n) is 1.81. The molecule has 1 aromatic heterocycles. The molecule has 14 heavy (non-hydrogen) atoms. The van der Waals surface area contributed by atoms with Crippen molar-refractivity contribution in [2.75, 3.05) is 0 Å². The number of carbonyl (C=O) groups is 1. The van der Waals surface area contributed by atoms with Crippen molar-refractivity contribution in [2.45, 2.75) is 0 Å². The Kier molecular flexibility index (Phi) is 2.37. The molecule has 0 amide bonds. The van der Waals surface area contributed by atoms with Crippen molar-refractivity contribution in [3.05, 3.63) is 41.3 Å². The summed E-state index contributed by atoms with van der Waals surface area (Å²) in [7, 11) is 0. The molecule has 0 aliphatic carbocycles. The SMILES string of the molecule is O=Cc1ncsc1-c1ccc(F)cc1. The molecule has 0 aliphatic heterocycles. The molecule has 4 heteroatoms. The van der Waals surface area contributed by atoms with E-state index in [2.05, 4.69) is 4.98 Å². The van der Waals surface area contributed by atoms with Gasteiger partial charge in [0.1, 0.15) is 11.5 Å². The lowest BCUT2D eigenvalue weighted by Crippen LogP contribution is -1.83. The first kappa shape index (κ1) is 9.02. The lowest BCUT2D eigenvalue weighted by Gasteiger charge is -1.96. The highest BCUT2D eigenvalue weighted by atomic mass is 32.1. The second kappa shape index (κ2) is 3.67. The number of nitrogens with zero attached hydrogens (tertiary/aromatic N) is 1. The van der Waals surface area contributed by atoms with Crippen LogP contribution in [0.4, 0.5) is 4.39 Å². The van der Waals surface area contributed by atoms with Gasteiger partial charge in [-0.25, -0.2) is 9.37 Å². The van der Waals surface area contributed by atoms with E-state index in [1.165, 1.54) is 23.5 Å². The molecule has 0 atom stereocenters. The summed E-state index contributed by atoms with van der Waals surface area (Å²) in [5.74, 6) is -0.286. The van der Waals surface area contributed by atoms with Gasteiger partial charge in [0.25, 0.3) is 0 Å². The molecule has 0 spiro atoms. The Bertz CT molecular complexity index is 449. The van der Waals surface area contributed by atoms with Crippen LogP contribution in [0.5, 0.6) is 0 Å². The zero-order chi connectivity index (χ0) is 9.97. The average Bonchev–Trinajstić information content (AvgIpc) is 2.67. The summed E-state index contributed by atoms with van der Waals surface area (Å²) in [5.41, 5.74) is 2.82. The summed E-state index contributed by atoms with van der Waals surface area (Å²) in [6.45, 7) is 0. The lowest BCUT2D eigenvalue weighted by molar-refractivity contribution is 0.112. The number of benzene rings is 1. The maximum absolute atomic E-state index is 12.6. The summed E-state index contributed by atoms with van der Waals surface area (Å²) in [5, 5.41) is 0. The molecular weight excluding hydrogens is 201 g/mol. The number of halogens is 1. The highest BCUT2D eigenvalue weighted by Crippen LogP contribution is 2.26. The molecule has 0 saturated carbocycles. The van der Waals surface area contributed by atoms with Crippen molar-refractivity contribution >= 4 is 17.6 Å². The number of carbonyl (C=O) groups excluding carboxylic acids is 1. The van der Waals surface area contributed by atoms with Gasteiger partial charge < -0.3 is 0 Å². The Morgan fingerprint density at radius 3 is 2.64 bits per heavy atom. The Morgan fingerprint density at radius 1 is 1.29 bits per heavy atom. The van der Waals surface area contributed by atoms with Crippen LogP contribution in [0.2, 0.25) is 0 Å². The monoisotopic (exact) mass is 207 g/mol. The number of aldehydes is 1. The van der Waals surface area contributed by atoms with Gasteiger partial charge in [-0.15, -0.1) is 11.3 Å². The maximum Gasteiger partial charge on any atom is 0.169 e. The van der Waals surface area contributed by atoms with Gasteiger partial charge in [-0.05, 0) is 17.7 Å². The van der Waals surface area contributed by atoms with E-state index in [9.17, 15) is 9.18 Å². The van der Waals surface area contributed by atoms with E-state index in [1.54, 1.807) is 17.6 Å². The predicted octanol–water partition coefficient (Wildman–Crippen LogP) is 2.76. The minimum Gasteiger partial charge on any atom is -0.296 e. The van der Waals surface area contributed by atoms with E-state index < -0.39 is 0 Å². The van der Waals surface area contributed by atoms with Crippen molar-refractivity contribution in [2.24, 2.45) is 0 Å². The van der Waals surface area contributed by atoms with Crippen LogP contribution in [0, 0.1) is 5.82 Å². The van der Waals surface area contributed by atoms with Crippen LogP contribution in [0.15, 0.2) is 29.8 Å². The van der Waals surface area contributed by atoms with Crippen molar-refractivity contribution in [1.29, 1.82) is 0 Å². The first-order chi connectivity index (χ1) is 6.81. The Labute approximate surface area is 84.0 Å². The third kappa shape index (κ3) is 1.56. The Hall–Kier alpha value is -1.55. The van der Waals surface area contributed by atoms with Crippen LogP contribution in [-0.2, 0) is 0 Å². The largest absolute Gasteiger partial charge is 0.296 e. The van der Waals surface area contributed by atoms with Crippen LogP contribution in [-0.4, -0.2) is 11.3 Å². The fourth-order valence-corrected chi connectivity index (χ4v) is 1.92. The molecule has 0 N–H and O–H groups in total. The van der Waals surface area contributed by atoms with E-state index >= 15 is 0 Å². The Morgan fingerprint density at radius 2 is 2.00 bits per heavy atom. The molecule has 2 aromatic rings. The summed E-state index contributed by atoms with van der Waals surface area (Å²) >= 11 is 1.37. The maximum atomic E-state index is 12.6. The van der Waals surface area contributed by atoms with Gasteiger partial charge in [0.2, 0.25) is 0 Å². The van der Waals surface area contributed by atoms with E-state index in [-0.39, 0.29) is 5.82 Å². The minimum atomic E-state index is -0.286. The van der Waals surface area contributed by atoms with Gasteiger partial charge in [-0.3, -0.25) is 4.79 Å². The fraction of sp³-hybridized carbons (Fsp3) is 0. The molecular formula is C10H6FNOS. The molecule has 0 saturated heterocycles. The molecule has 0 bridgehead atoms. The van der Waals surface area contributed by atoms with Gasteiger partial charge in [-0.2, -0.15) is 0 Å². The molecule has 2 nitrogen and oxygen atoms in total. The smallest absolute Gasteiger partial charge is 0.169 e. The van der Waals surface area contributed by atoms with Crippen molar-refractivity contribution in [3.63, 3.8) is 0 Å². The van der Waals surface area contributed by atoms with Crippen molar-refractivity contribution in [3.8, 4) is 10.4 Å². The molecule has 1 aromatic carbocycles. The van der Waals surface area contributed by atoms with Gasteiger partial charge >= 0.3 is 0 Å². The quantitative estimate of drug-likeness (QED) is 0.709. The van der Waals surface area contributed by atoms with Crippen LogP contribution in [0.3, 0.4) is 0 Å². The van der Waals surface area contributed by atoms with Crippen molar-refractivity contribution in [1.82, 2.24) is 4.98 Å². The minimum absolute atomic E-state index is 0.286. The number of thiazole rings is 1. The van der Waals surface area contributed by atoms with Crippen molar-refractivity contribution < 1.29 is 9.18 Å². The zero-order valence-electron chi connectivity index (χ0n) is 7.11. The molecule has 1 heterocycles. The van der Waals surface area contributed by atoms with Crippen LogP contribution < -0.4 is 0 Å². The first-order valence-corrected chi connectivity index (χ1v) is 4.84. The van der Waals surface area contributed by atoms with E-state index in [0.29, 0.717) is 12.0 Å². The van der Waals surface area contributed by atoms with Gasteiger partial charge in [0.15, 0.2) is 6.29 Å². The fourth-order valence-electron chi connectivity index (χ4n) is 1.16. The number of hydrogen-bond acceptors (Lipinski definition) is 3. The molecule has 0 aliphatic rings. The number of aromatic nitrogens is 1. The number of rotatable bonds is 2. The van der Waals surface area contributed by atoms with Crippen LogP contribution in [0.1, 0.15) is 10.5 Å². The standard InChI is InChI=1S/C10H6FNOS/c11-8-3-1-7(2-4-8)10-9(5-13)12-6-14-10/h1-6H. The predicted molar refractivity (Wildman–Crippen MR) is 52.9 cm³/mol. The summed E-state index contributed by atoms with van der Waals surface area (Å²) < 4.78 is 12.6. The molecule has 2 rings (SSSR count). The first-order valence-electron chi connectivity index (χ1n) is 3.96. The lowest BCUT2D eigenvalue weighted by atomic mass is 10.1. The summed E-state index contributed by atoms with van der Waals surface area (Å²) in [6, 6.07) is 6.00. The van der Waals surface area contributed by atoms with Gasteiger partial charge in [0, 0.05) is 0 Å². The third-order valence-corrected chi connectivity index (χ3v) is 2.70. The molecule has 70 valence electrons. The van der Waals surface area contributed by atoms with E-state index in [1.807, 2.05) is 0 Å². The Balaban J connectivity index is 2.49. The topological polar surface area (TPSA) is 30.0 Å². The summed E-state index contributed by atoms with van der Waals surface area (Å²) in [6.07, 6.45) is 0.704. The number of hydrogen-bond donors (Lipinski definition) is 0. The second-order valence-corrected chi connectivity index (χ2v) is 3.55. The average molecular weight is 207 g/mol. The van der Waals surface area contributed by atoms with Gasteiger partial charge in [-0.1, -0.05) is 12.1 Å². The second-order valence-electron chi connectivity index (χ2n) is 2.69. The molecule has 0 unspecified atom stereocenters. The molecule has 0 radical (unpaired) electrons. The van der Waals surface area contributed by atoms with E-state index in [4.69, 9.17) is 0 Å². The highest BCUT2D eigenvalue weighted by molar-refractivity contribution is 7.13. The zero-order valence-corrected chi connectivity index (χ0v) is 7.92. The summed E-state index contributed by atoms with van der Waals surface area (Å²) in [4.78, 5) is 15.3. The van der Waals surface area contributed by atoms with Gasteiger partial charge in [0.05, 0.1) is 10.4 Å². The van der Waals surface area contributed by atoms with Crippen LogP contribution >= 0.6 is 11.3 Å². The van der Waals surface area contributed by atoms with Crippen LogP contribution in [0.25, 0.3) is 10.4 Å². The normalized spacial score (nSPS) is 10.1. The van der Waals surface area contributed by atoms with E-state index in [0.717, 1.165) is 10.4 Å². The molecule has 0 fully saturated rings.